The fraction of sp³-hybridized carbons (Fsp3) is 0.429. The number of hydrogen-bond acceptors (Lipinski definition) is 5. The highest BCUT2D eigenvalue weighted by molar-refractivity contribution is 5.22. The van der Waals surface area contributed by atoms with E-state index in [-0.39, 0.29) is 5.56 Å². The average molecular weight is 284 g/mol. The molecular formula is C14H16N6O. The molecule has 1 unspecified atom stereocenters. The van der Waals surface area contributed by atoms with Crippen molar-refractivity contribution >= 4 is 0 Å². The summed E-state index contributed by atoms with van der Waals surface area (Å²) in [4.78, 5) is 17.7. The van der Waals surface area contributed by atoms with E-state index in [1.54, 1.807) is 29.4 Å². The highest BCUT2D eigenvalue weighted by Gasteiger charge is 2.24. The molecule has 1 fully saturated rings. The number of hydrogen-bond donors (Lipinski definition) is 0. The molecule has 1 atom stereocenters. The Morgan fingerprint density at radius 1 is 1.38 bits per heavy atom. The molecule has 0 saturated carbocycles. The van der Waals surface area contributed by atoms with Gasteiger partial charge in [0.05, 0.1) is 24.0 Å². The largest absolute Gasteiger partial charge is 0.311 e. The van der Waals surface area contributed by atoms with Crippen molar-refractivity contribution in [3.63, 3.8) is 0 Å². The molecule has 7 nitrogen and oxygen atoms in total. The van der Waals surface area contributed by atoms with Crippen LogP contribution in [0.15, 0.2) is 35.8 Å². The van der Waals surface area contributed by atoms with Crippen LogP contribution in [0.4, 0.5) is 0 Å². The highest BCUT2D eigenvalue weighted by atomic mass is 16.1. The van der Waals surface area contributed by atoms with Crippen molar-refractivity contribution in [2.45, 2.75) is 19.0 Å². The second-order valence-corrected chi connectivity index (χ2v) is 5.17. The van der Waals surface area contributed by atoms with Crippen LogP contribution in [-0.2, 0) is 6.54 Å². The Bertz CT molecular complexity index is 712. The van der Waals surface area contributed by atoms with Crippen LogP contribution in [0.2, 0.25) is 0 Å². The van der Waals surface area contributed by atoms with Crippen LogP contribution >= 0.6 is 0 Å². The molecule has 0 N–H and O–H groups in total. The van der Waals surface area contributed by atoms with Gasteiger partial charge in [-0.25, -0.2) is 0 Å². The second-order valence-electron chi connectivity index (χ2n) is 5.17. The van der Waals surface area contributed by atoms with E-state index in [9.17, 15) is 4.79 Å². The quantitative estimate of drug-likeness (QED) is 0.804. The van der Waals surface area contributed by atoms with E-state index in [4.69, 9.17) is 5.26 Å². The molecule has 2 aromatic heterocycles. The zero-order valence-corrected chi connectivity index (χ0v) is 11.6. The molecule has 21 heavy (non-hydrogen) atoms. The van der Waals surface area contributed by atoms with Crippen LogP contribution in [0, 0.1) is 11.3 Å². The standard InChI is InChI=1S/C14H16N6O/c15-7-12-8-17-20(10-12)13-1-3-18(11-13)5-6-19-4-2-16-9-14(19)21/h2,4,8-10,13H,1,3,5-6,11H2. The number of nitriles is 1. The molecule has 0 bridgehead atoms. The zero-order valence-electron chi connectivity index (χ0n) is 11.6. The summed E-state index contributed by atoms with van der Waals surface area (Å²) in [5, 5.41) is 13.1. The van der Waals surface area contributed by atoms with E-state index in [0.29, 0.717) is 18.2 Å². The lowest BCUT2D eigenvalue weighted by Crippen LogP contribution is -2.29. The first-order valence-electron chi connectivity index (χ1n) is 6.93. The summed E-state index contributed by atoms with van der Waals surface area (Å²) in [6.45, 7) is 3.36. The van der Waals surface area contributed by atoms with Gasteiger partial charge in [0.2, 0.25) is 0 Å². The summed E-state index contributed by atoms with van der Waals surface area (Å²) in [5.41, 5.74) is 0.524. The maximum Gasteiger partial charge on any atom is 0.269 e. The molecule has 3 heterocycles. The van der Waals surface area contributed by atoms with Crippen LogP contribution in [0.5, 0.6) is 0 Å². The molecule has 3 rings (SSSR count). The van der Waals surface area contributed by atoms with E-state index in [0.717, 1.165) is 26.1 Å². The average Bonchev–Trinajstić information content (AvgIpc) is 3.15. The molecule has 0 spiro atoms. The molecule has 108 valence electrons. The van der Waals surface area contributed by atoms with Crippen LogP contribution in [0.25, 0.3) is 0 Å². The van der Waals surface area contributed by atoms with Crippen molar-refractivity contribution in [1.82, 2.24) is 24.2 Å². The lowest BCUT2D eigenvalue weighted by Gasteiger charge is -2.16. The predicted octanol–water partition coefficient (Wildman–Crippen LogP) is 0.258. The Hall–Kier alpha value is -2.46. The Balaban J connectivity index is 1.57. The third-order valence-electron chi connectivity index (χ3n) is 3.81. The van der Waals surface area contributed by atoms with Gasteiger partial charge in [-0.15, -0.1) is 0 Å². The zero-order chi connectivity index (χ0) is 14.7. The maximum atomic E-state index is 11.6. The van der Waals surface area contributed by atoms with Gasteiger partial charge in [-0.1, -0.05) is 0 Å². The lowest BCUT2D eigenvalue weighted by atomic mass is 10.3. The van der Waals surface area contributed by atoms with Gasteiger partial charge < -0.3 is 4.57 Å². The minimum Gasteiger partial charge on any atom is -0.311 e. The van der Waals surface area contributed by atoms with Crippen LogP contribution in [-0.4, -0.2) is 43.9 Å². The Morgan fingerprint density at radius 3 is 3.05 bits per heavy atom. The van der Waals surface area contributed by atoms with Crippen LogP contribution < -0.4 is 5.56 Å². The van der Waals surface area contributed by atoms with Gasteiger partial charge in [0.25, 0.3) is 5.56 Å². The Labute approximate surface area is 122 Å². The lowest BCUT2D eigenvalue weighted by molar-refractivity contribution is 0.303. The summed E-state index contributed by atoms with van der Waals surface area (Å²) >= 11 is 0. The summed E-state index contributed by atoms with van der Waals surface area (Å²) in [6, 6.07) is 2.40. The van der Waals surface area contributed by atoms with Crippen LogP contribution in [0.1, 0.15) is 18.0 Å². The number of aromatic nitrogens is 4. The van der Waals surface area contributed by atoms with E-state index < -0.39 is 0 Å². The van der Waals surface area contributed by atoms with Gasteiger partial charge in [-0.3, -0.25) is 19.4 Å². The SMILES string of the molecule is N#Cc1cnn(C2CCN(CCn3ccncc3=O)C2)c1. The Morgan fingerprint density at radius 2 is 2.29 bits per heavy atom. The third kappa shape index (κ3) is 3.01. The van der Waals surface area contributed by atoms with Gasteiger partial charge in [-0.05, 0) is 6.42 Å². The van der Waals surface area contributed by atoms with Crippen LogP contribution in [0.3, 0.4) is 0 Å². The van der Waals surface area contributed by atoms with Crippen molar-refractivity contribution in [3.05, 3.63) is 46.9 Å². The number of rotatable bonds is 4. The summed E-state index contributed by atoms with van der Waals surface area (Å²) in [7, 11) is 0. The molecule has 2 aromatic rings. The van der Waals surface area contributed by atoms with E-state index in [1.807, 2.05) is 4.68 Å². The van der Waals surface area contributed by atoms with Crippen molar-refractivity contribution in [2.24, 2.45) is 0 Å². The van der Waals surface area contributed by atoms with Gasteiger partial charge in [0.1, 0.15) is 6.07 Å². The van der Waals surface area contributed by atoms with Crippen molar-refractivity contribution < 1.29 is 0 Å². The summed E-state index contributed by atoms with van der Waals surface area (Å²) in [6.07, 6.45) is 9.07. The number of likely N-dealkylation sites (tertiary alicyclic amines) is 1. The van der Waals surface area contributed by atoms with Gasteiger partial charge in [0, 0.05) is 44.8 Å². The van der Waals surface area contributed by atoms with Crippen molar-refractivity contribution in [2.75, 3.05) is 19.6 Å². The molecule has 1 saturated heterocycles. The van der Waals surface area contributed by atoms with Gasteiger partial charge in [-0.2, -0.15) is 10.4 Å². The summed E-state index contributed by atoms with van der Waals surface area (Å²) in [5.74, 6) is 0. The minimum absolute atomic E-state index is 0.0704. The normalized spacial score (nSPS) is 18.7. The molecule has 1 aliphatic rings. The van der Waals surface area contributed by atoms with E-state index in [1.165, 1.54) is 6.20 Å². The minimum atomic E-state index is -0.0704. The fourth-order valence-corrected chi connectivity index (χ4v) is 2.63. The molecular weight excluding hydrogens is 268 g/mol. The number of nitrogens with zero attached hydrogens (tertiary/aromatic N) is 6. The van der Waals surface area contributed by atoms with Crippen molar-refractivity contribution in [3.8, 4) is 6.07 Å². The molecule has 1 aliphatic heterocycles. The first-order chi connectivity index (χ1) is 10.3. The van der Waals surface area contributed by atoms with E-state index >= 15 is 0 Å². The summed E-state index contributed by atoms with van der Waals surface area (Å²) < 4.78 is 3.54. The molecule has 7 heteroatoms. The molecule has 0 amide bonds. The smallest absolute Gasteiger partial charge is 0.269 e. The van der Waals surface area contributed by atoms with E-state index in [2.05, 4.69) is 21.1 Å². The monoisotopic (exact) mass is 284 g/mol. The maximum absolute atomic E-state index is 11.6. The fourth-order valence-electron chi connectivity index (χ4n) is 2.63. The third-order valence-corrected chi connectivity index (χ3v) is 3.81. The predicted molar refractivity (Wildman–Crippen MR) is 75.5 cm³/mol. The molecule has 0 aromatic carbocycles. The first-order valence-corrected chi connectivity index (χ1v) is 6.93. The second kappa shape index (κ2) is 5.89. The first kappa shape index (κ1) is 13.5. The Kier molecular flexibility index (Phi) is 3.79. The molecule has 0 aliphatic carbocycles. The molecule has 0 radical (unpaired) electrons. The highest BCUT2D eigenvalue weighted by Crippen LogP contribution is 2.20. The van der Waals surface area contributed by atoms with Crippen molar-refractivity contribution in [1.29, 1.82) is 5.26 Å². The van der Waals surface area contributed by atoms with Gasteiger partial charge >= 0.3 is 0 Å². The van der Waals surface area contributed by atoms with Gasteiger partial charge in [0.15, 0.2) is 0 Å². The topological polar surface area (TPSA) is 79.7 Å².